The zero-order chi connectivity index (χ0) is 9.19. The molecule has 66 valence electrons. The third kappa shape index (κ3) is 2.08. The standard InChI is InChI=1S/C8H5ClF3/c9-5-6-2-1-3-7(4-6)8(10,11)12/h1-5H/q-1. The fourth-order valence-electron chi connectivity index (χ4n) is 0.783. The van der Waals surface area contributed by atoms with Crippen molar-refractivity contribution in [2.75, 3.05) is 0 Å². The van der Waals surface area contributed by atoms with Gasteiger partial charge in [0, 0.05) is 0 Å². The van der Waals surface area contributed by atoms with E-state index in [0.717, 1.165) is 18.0 Å². The summed E-state index contributed by atoms with van der Waals surface area (Å²) in [6, 6.07) is 4.82. The Morgan fingerprint density at radius 1 is 1.25 bits per heavy atom. The Bertz CT molecular complexity index is 267. The Labute approximate surface area is 73.0 Å². The molecule has 0 unspecified atom stereocenters. The average Bonchev–Trinajstić information content (AvgIpc) is 2.03. The predicted molar refractivity (Wildman–Crippen MR) is 40.7 cm³/mol. The van der Waals surface area contributed by atoms with E-state index in [4.69, 9.17) is 11.6 Å². The van der Waals surface area contributed by atoms with Crippen molar-refractivity contribution >= 4 is 11.6 Å². The summed E-state index contributed by atoms with van der Waals surface area (Å²) in [7, 11) is 0. The number of halogens is 4. The molecular weight excluding hydrogens is 189 g/mol. The lowest BCUT2D eigenvalue weighted by molar-refractivity contribution is -0.137. The summed E-state index contributed by atoms with van der Waals surface area (Å²) in [4.78, 5) is 0. The molecule has 0 amide bonds. The first-order valence-corrected chi connectivity index (χ1v) is 3.58. The van der Waals surface area contributed by atoms with Crippen LogP contribution < -0.4 is 0 Å². The van der Waals surface area contributed by atoms with Crippen LogP contribution in [0.4, 0.5) is 13.2 Å². The lowest BCUT2D eigenvalue weighted by Gasteiger charge is -2.12. The summed E-state index contributed by atoms with van der Waals surface area (Å²) in [6.45, 7) is 0. The van der Waals surface area contributed by atoms with E-state index in [1.807, 2.05) is 0 Å². The van der Waals surface area contributed by atoms with Crippen molar-refractivity contribution in [3.63, 3.8) is 0 Å². The minimum atomic E-state index is -4.30. The molecule has 1 aromatic carbocycles. The predicted octanol–water partition coefficient (Wildman–Crippen LogP) is 3.45. The number of rotatable bonds is 1. The molecule has 1 aromatic rings. The van der Waals surface area contributed by atoms with Crippen LogP contribution in [-0.4, -0.2) is 0 Å². The Morgan fingerprint density at radius 3 is 2.42 bits per heavy atom. The number of alkyl halides is 3. The second kappa shape index (κ2) is 3.27. The van der Waals surface area contributed by atoms with E-state index in [-0.39, 0.29) is 0 Å². The summed E-state index contributed by atoms with van der Waals surface area (Å²) >= 11 is 5.26. The monoisotopic (exact) mass is 193 g/mol. The van der Waals surface area contributed by atoms with Gasteiger partial charge in [-0.05, 0) is 5.56 Å². The molecule has 0 N–H and O–H groups in total. The quantitative estimate of drug-likeness (QED) is 0.600. The van der Waals surface area contributed by atoms with Crippen molar-refractivity contribution < 1.29 is 13.2 Å². The van der Waals surface area contributed by atoms with Crippen LogP contribution in [0.1, 0.15) is 11.1 Å². The third-order valence-corrected chi connectivity index (χ3v) is 1.59. The van der Waals surface area contributed by atoms with Crippen LogP contribution in [0.2, 0.25) is 0 Å². The van der Waals surface area contributed by atoms with E-state index in [0.29, 0.717) is 5.56 Å². The fourth-order valence-corrected chi connectivity index (χ4v) is 0.919. The zero-order valence-corrected chi connectivity index (χ0v) is 6.65. The van der Waals surface area contributed by atoms with Gasteiger partial charge in [0.15, 0.2) is 0 Å². The van der Waals surface area contributed by atoms with Crippen LogP contribution in [-0.2, 0) is 6.18 Å². The molecule has 0 bridgehead atoms. The second-order valence-corrected chi connectivity index (χ2v) is 2.45. The largest absolute Gasteiger partial charge is 0.405 e. The van der Waals surface area contributed by atoms with Gasteiger partial charge in [-0.3, -0.25) is 0 Å². The molecular formula is C8H5ClF3-. The van der Waals surface area contributed by atoms with E-state index in [1.54, 1.807) is 0 Å². The molecule has 0 aromatic heterocycles. The van der Waals surface area contributed by atoms with Crippen molar-refractivity contribution in [2.45, 2.75) is 6.18 Å². The Hall–Kier alpha value is -0.830. The fraction of sp³-hybridized carbons (Fsp3) is 0.125. The van der Waals surface area contributed by atoms with Crippen LogP contribution in [0, 0.1) is 5.88 Å². The van der Waals surface area contributed by atoms with Gasteiger partial charge in [-0.2, -0.15) is 36.4 Å². The van der Waals surface area contributed by atoms with Crippen molar-refractivity contribution in [1.29, 1.82) is 0 Å². The Kier molecular flexibility index (Phi) is 2.52. The molecule has 0 spiro atoms. The first kappa shape index (κ1) is 9.26. The van der Waals surface area contributed by atoms with Crippen molar-refractivity contribution in [3.8, 4) is 0 Å². The molecule has 1 rings (SSSR count). The molecule has 12 heavy (non-hydrogen) atoms. The summed E-state index contributed by atoms with van der Waals surface area (Å²) in [5.74, 6) is 1.11. The normalized spacial score (nSPS) is 11.3. The van der Waals surface area contributed by atoms with Gasteiger partial charge in [-0.15, -0.1) is 12.1 Å². The molecule has 0 saturated heterocycles. The van der Waals surface area contributed by atoms with Crippen LogP contribution in [0.25, 0.3) is 0 Å². The number of hydrogen-bond acceptors (Lipinski definition) is 0. The summed E-state index contributed by atoms with van der Waals surface area (Å²) in [6.07, 6.45) is -4.30. The molecule has 0 nitrogen and oxygen atoms in total. The maximum absolute atomic E-state index is 12.0. The zero-order valence-electron chi connectivity index (χ0n) is 5.90. The highest BCUT2D eigenvalue weighted by atomic mass is 35.5. The van der Waals surface area contributed by atoms with Crippen LogP contribution in [0.5, 0.6) is 0 Å². The lowest BCUT2D eigenvalue weighted by Crippen LogP contribution is -2.04. The van der Waals surface area contributed by atoms with Crippen LogP contribution in [0.3, 0.4) is 0 Å². The van der Waals surface area contributed by atoms with Gasteiger partial charge in [0.05, 0.1) is 0 Å². The van der Waals surface area contributed by atoms with Crippen molar-refractivity contribution in [3.05, 3.63) is 41.3 Å². The first-order valence-electron chi connectivity index (χ1n) is 3.15. The highest BCUT2D eigenvalue weighted by Crippen LogP contribution is 2.29. The Balaban J connectivity index is 3.02. The third-order valence-electron chi connectivity index (χ3n) is 1.34. The van der Waals surface area contributed by atoms with E-state index in [1.165, 1.54) is 12.1 Å². The average molecular weight is 194 g/mol. The van der Waals surface area contributed by atoms with Gasteiger partial charge >= 0.3 is 6.18 Å². The number of benzene rings is 1. The maximum Gasteiger partial charge on any atom is 0.405 e. The van der Waals surface area contributed by atoms with Crippen molar-refractivity contribution in [1.82, 2.24) is 0 Å². The van der Waals surface area contributed by atoms with Crippen LogP contribution >= 0.6 is 11.6 Å². The van der Waals surface area contributed by atoms with Crippen LogP contribution in [0.15, 0.2) is 24.3 Å². The molecule has 0 fully saturated rings. The van der Waals surface area contributed by atoms with Gasteiger partial charge in [-0.1, -0.05) is 11.9 Å². The Morgan fingerprint density at radius 2 is 1.92 bits per heavy atom. The molecule has 0 atom stereocenters. The molecule has 0 aliphatic carbocycles. The lowest BCUT2D eigenvalue weighted by atomic mass is 10.1. The SMILES string of the molecule is FC(F)(F)c1cccc([CH-]Cl)c1. The molecule has 0 saturated carbocycles. The summed E-state index contributed by atoms with van der Waals surface area (Å²) in [5, 5.41) is 0. The second-order valence-electron chi connectivity index (χ2n) is 2.23. The van der Waals surface area contributed by atoms with E-state index >= 15 is 0 Å². The van der Waals surface area contributed by atoms with Gasteiger partial charge in [-0.25, -0.2) is 0 Å². The van der Waals surface area contributed by atoms with Gasteiger partial charge in [0.1, 0.15) is 0 Å². The minimum absolute atomic E-state index is 0.353. The highest BCUT2D eigenvalue weighted by molar-refractivity contribution is 6.25. The topological polar surface area (TPSA) is 0 Å². The van der Waals surface area contributed by atoms with Gasteiger partial charge < -0.3 is 0 Å². The van der Waals surface area contributed by atoms with E-state index in [9.17, 15) is 13.2 Å². The van der Waals surface area contributed by atoms with E-state index < -0.39 is 11.7 Å². The van der Waals surface area contributed by atoms with E-state index in [2.05, 4.69) is 0 Å². The van der Waals surface area contributed by atoms with Gasteiger partial charge in [0.25, 0.3) is 0 Å². The number of hydrogen-bond donors (Lipinski definition) is 0. The highest BCUT2D eigenvalue weighted by Gasteiger charge is 2.27. The van der Waals surface area contributed by atoms with Gasteiger partial charge in [0.2, 0.25) is 0 Å². The molecule has 4 heteroatoms. The first-order chi connectivity index (χ1) is 5.54. The minimum Gasteiger partial charge on any atom is -0.177 e. The maximum atomic E-state index is 12.0. The molecule has 0 heterocycles. The van der Waals surface area contributed by atoms with Crippen molar-refractivity contribution in [2.24, 2.45) is 0 Å². The molecule has 0 radical (unpaired) electrons. The summed E-state index contributed by atoms with van der Waals surface area (Å²) < 4.78 is 36.1. The molecule has 0 aliphatic rings. The molecule has 0 aliphatic heterocycles. The smallest absolute Gasteiger partial charge is 0.177 e. The summed E-state index contributed by atoms with van der Waals surface area (Å²) in [5.41, 5.74) is -0.330.